The third-order valence-corrected chi connectivity index (χ3v) is 5.91. The lowest BCUT2D eigenvalue weighted by Crippen LogP contribution is -2.05. The predicted molar refractivity (Wildman–Crippen MR) is 113 cm³/mol. The van der Waals surface area contributed by atoms with Crippen molar-refractivity contribution in [2.24, 2.45) is 10.2 Å². The highest BCUT2D eigenvalue weighted by atomic mass is 32.2. The number of anilines is 1. The van der Waals surface area contributed by atoms with E-state index in [1.165, 1.54) is 25.1 Å². The Morgan fingerprint density at radius 1 is 0.903 bits per heavy atom. The van der Waals surface area contributed by atoms with Gasteiger partial charge in [0.05, 0.1) is 16.3 Å². The maximum Gasteiger partial charge on any atom is 0.295 e. The summed E-state index contributed by atoms with van der Waals surface area (Å²) < 4.78 is 65.2. The number of hydrogen-bond donors (Lipinski definition) is 3. The van der Waals surface area contributed by atoms with Crippen molar-refractivity contribution in [2.75, 3.05) is 5.32 Å². The molecule has 0 saturated carbocycles. The van der Waals surface area contributed by atoms with E-state index in [0.29, 0.717) is 17.4 Å². The van der Waals surface area contributed by atoms with E-state index in [2.05, 4.69) is 15.5 Å². The third kappa shape index (κ3) is 5.30. The molecule has 3 rings (SSSR count). The Labute approximate surface area is 178 Å². The summed E-state index contributed by atoms with van der Waals surface area (Å²) in [5.41, 5.74) is 1.89. The second-order valence-corrected chi connectivity index (χ2v) is 9.49. The molecule has 0 spiro atoms. The Balaban J connectivity index is 2.13. The Morgan fingerprint density at radius 3 is 2.23 bits per heavy atom. The minimum atomic E-state index is -4.82. The Hall–Kier alpha value is -3.19. The number of azo groups is 1. The molecule has 0 fully saturated rings. The molecule has 0 bridgehead atoms. The van der Waals surface area contributed by atoms with E-state index in [1.54, 1.807) is 18.2 Å². The van der Waals surface area contributed by atoms with Gasteiger partial charge in [0.25, 0.3) is 20.2 Å². The maximum absolute atomic E-state index is 11.8. The van der Waals surface area contributed by atoms with Crippen LogP contribution in [0.3, 0.4) is 0 Å². The number of rotatable bonds is 5. The van der Waals surface area contributed by atoms with Crippen LogP contribution >= 0.6 is 0 Å². The van der Waals surface area contributed by atoms with Gasteiger partial charge in [0.2, 0.25) is 5.91 Å². The zero-order valence-electron chi connectivity index (χ0n) is 16.3. The number of benzene rings is 3. The van der Waals surface area contributed by atoms with Crippen LogP contribution < -0.4 is 5.32 Å². The van der Waals surface area contributed by atoms with Crippen LogP contribution in [0.15, 0.2) is 68.6 Å². The van der Waals surface area contributed by atoms with Crippen molar-refractivity contribution in [1.82, 2.24) is 0 Å². The van der Waals surface area contributed by atoms with Gasteiger partial charge in [-0.2, -0.15) is 21.9 Å². The van der Waals surface area contributed by atoms with Crippen molar-refractivity contribution in [3.8, 4) is 0 Å². The number of carbonyl (C=O) groups excluding carboxylic acids is 1. The fourth-order valence-corrected chi connectivity index (χ4v) is 4.20. The van der Waals surface area contributed by atoms with Crippen LogP contribution in [0.4, 0.5) is 17.1 Å². The first-order valence-corrected chi connectivity index (χ1v) is 11.6. The van der Waals surface area contributed by atoms with Gasteiger partial charge in [-0.1, -0.05) is 12.1 Å². The van der Waals surface area contributed by atoms with Crippen LogP contribution in [-0.2, 0) is 25.0 Å². The molecule has 0 aliphatic rings. The summed E-state index contributed by atoms with van der Waals surface area (Å²) in [5.74, 6) is -0.291. The Morgan fingerprint density at radius 2 is 1.61 bits per heavy atom. The first-order valence-electron chi connectivity index (χ1n) is 8.67. The van der Waals surface area contributed by atoms with Gasteiger partial charge in [-0.25, -0.2) is 0 Å². The van der Waals surface area contributed by atoms with Gasteiger partial charge in [-0.15, -0.1) is 5.11 Å². The monoisotopic (exact) mass is 463 g/mol. The molecule has 162 valence electrons. The molecular formula is C19H17N3O7S2. The van der Waals surface area contributed by atoms with Crippen LogP contribution in [0.2, 0.25) is 0 Å². The van der Waals surface area contributed by atoms with Crippen molar-refractivity contribution in [2.45, 2.75) is 23.6 Å². The van der Waals surface area contributed by atoms with Gasteiger partial charge < -0.3 is 5.32 Å². The lowest BCUT2D eigenvalue weighted by molar-refractivity contribution is -0.114. The van der Waals surface area contributed by atoms with Gasteiger partial charge in [0.1, 0.15) is 10.6 Å². The smallest absolute Gasteiger partial charge is 0.295 e. The number of amides is 1. The summed E-state index contributed by atoms with van der Waals surface area (Å²) in [6.45, 7) is 3.19. The van der Waals surface area contributed by atoms with E-state index >= 15 is 0 Å². The lowest BCUT2D eigenvalue weighted by Gasteiger charge is -2.08. The average Bonchev–Trinajstić information content (AvgIpc) is 2.64. The van der Waals surface area contributed by atoms with E-state index < -0.39 is 30.0 Å². The van der Waals surface area contributed by atoms with Crippen LogP contribution in [0.25, 0.3) is 10.8 Å². The highest BCUT2D eigenvalue weighted by molar-refractivity contribution is 7.86. The molecule has 0 unspecified atom stereocenters. The lowest BCUT2D eigenvalue weighted by atomic mass is 10.1. The number of nitrogens with zero attached hydrogens (tertiary/aromatic N) is 2. The van der Waals surface area contributed by atoms with Gasteiger partial charge in [-0.05, 0) is 54.3 Å². The number of fused-ring (bicyclic) bond motifs is 1. The summed E-state index contributed by atoms with van der Waals surface area (Å²) >= 11 is 0. The topological polar surface area (TPSA) is 163 Å². The van der Waals surface area contributed by atoms with Crippen molar-refractivity contribution in [3.63, 3.8) is 0 Å². The van der Waals surface area contributed by atoms with Crippen molar-refractivity contribution < 1.29 is 30.7 Å². The molecule has 0 saturated heterocycles. The summed E-state index contributed by atoms with van der Waals surface area (Å²) in [7, 11) is -9.52. The molecular weight excluding hydrogens is 446 g/mol. The zero-order chi connectivity index (χ0) is 23.0. The average molecular weight is 463 g/mol. The molecule has 0 radical (unpaired) electrons. The molecule has 1 amide bonds. The largest absolute Gasteiger partial charge is 0.324 e. The SMILES string of the molecule is CC(=O)Nc1cc(C)ccc1N=Nc1ccc2cc(S(=O)(=O)O)cc(S(=O)(=O)O)c2c1. The Bertz CT molecular complexity index is 1450. The van der Waals surface area contributed by atoms with Gasteiger partial charge in [0.15, 0.2) is 0 Å². The van der Waals surface area contributed by atoms with Crippen LogP contribution in [0.5, 0.6) is 0 Å². The second kappa shape index (κ2) is 8.15. The normalized spacial score (nSPS) is 12.4. The first kappa shape index (κ1) is 22.5. The molecule has 0 aliphatic heterocycles. The molecule has 31 heavy (non-hydrogen) atoms. The molecule has 0 atom stereocenters. The van der Waals surface area contributed by atoms with Crippen LogP contribution in [-0.4, -0.2) is 31.8 Å². The van der Waals surface area contributed by atoms with E-state index in [1.807, 2.05) is 6.92 Å². The van der Waals surface area contributed by atoms with Crippen LogP contribution in [0, 0.1) is 6.92 Å². The predicted octanol–water partition coefficient (Wildman–Crippen LogP) is 4.02. The molecule has 3 aromatic carbocycles. The number of hydrogen-bond acceptors (Lipinski definition) is 7. The van der Waals surface area contributed by atoms with E-state index in [4.69, 9.17) is 0 Å². The van der Waals surface area contributed by atoms with Crippen molar-refractivity contribution in [1.29, 1.82) is 0 Å². The number of nitrogens with one attached hydrogen (secondary N) is 1. The molecule has 12 heteroatoms. The molecule has 0 aliphatic carbocycles. The van der Waals surface area contributed by atoms with E-state index in [-0.39, 0.29) is 22.4 Å². The first-order chi connectivity index (χ1) is 14.3. The Kier molecular flexibility index (Phi) is 5.91. The minimum Gasteiger partial charge on any atom is -0.324 e. The zero-order valence-corrected chi connectivity index (χ0v) is 17.9. The summed E-state index contributed by atoms with van der Waals surface area (Å²) in [6, 6.07) is 11.0. The third-order valence-electron chi connectivity index (χ3n) is 4.19. The van der Waals surface area contributed by atoms with E-state index in [9.17, 15) is 30.7 Å². The second-order valence-electron chi connectivity index (χ2n) is 6.68. The standard InChI is InChI=1S/C19H17N3O7S2/c1-11-3-6-17(18(7-11)20-12(2)23)22-21-14-5-4-13-8-15(30(24,25)26)10-19(16(13)9-14)31(27,28)29/h3-10H,1-2H3,(H,20,23)(H,24,25,26)(H,27,28,29). The molecule has 10 nitrogen and oxygen atoms in total. The van der Waals surface area contributed by atoms with Gasteiger partial charge in [-0.3, -0.25) is 13.9 Å². The fraction of sp³-hybridized carbons (Fsp3) is 0.105. The highest BCUT2D eigenvalue weighted by Crippen LogP contribution is 2.32. The van der Waals surface area contributed by atoms with Crippen molar-refractivity contribution >= 4 is 54.0 Å². The summed E-state index contributed by atoms with van der Waals surface area (Å²) in [6.07, 6.45) is 0. The quantitative estimate of drug-likeness (QED) is 0.380. The summed E-state index contributed by atoms with van der Waals surface area (Å²) in [5, 5.41) is 10.9. The molecule has 3 N–H and O–H groups in total. The number of aryl methyl sites for hydroxylation is 1. The molecule has 0 heterocycles. The number of carbonyl (C=O) groups is 1. The van der Waals surface area contributed by atoms with Gasteiger partial charge >= 0.3 is 0 Å². The van der Waals surface area contributed by atoms with Gasteiger partial charge in [0, 0.05) is 12.3 Å². The molecule has 0 aromatic heterocycles. The van der Waals surface area contributed by atoms with Crippen molar-refractivity contribution in [3.05, 3.63) is 54.1 Å². The highest BCUT2D eigenvalue weighted by Gasteiger charge is 2.20. The summed E-state index contributed by atoms with van der Waals surface area (Å²) in [4.78, 5) is 10.0. The fourth-order valence-electron chi connectivity index (χ4n) is 2.85. The van der Waals surface area contributed by atoms with E-state index in [0.717, 1.165) is 11.6 Å². The minimum absolute atomic E-state index is 0.0164. The maximum atomic E-state index is 11.8. The van der Waals surface area contributed by atoms with Crippen LogP contribution in [0.1, 0.15) is 12.5 Å². The molecule has 3 aromatic rings.